The maximum absolute atomic E-state index is 12.6. The van der Waals surface area contributed by atoms with Crippen molar-refractivity contribution >= 4 is 17.8 Å². The summed E-state index contributed by atoms with van der Waals surface area (Å²) in [5.41, 5.74) is 2.11. The molecule has 4 nitrogen and oxygen atoms in total. The van der Waals surface area contributed by atoms with Crippen molar-refractivity contribution in [2.75, 3.05) is 20.7 Å². The number of benzene rings is 2. The Bertz CT molecular complexity index is 842. The number of alkyl halides is 3. The lowest BCUT2D eigenvalue weighted by molar-refractivity contribution is -0.137. The fraction of sp³-hybridized carbons (Fsp3) is 0.300. The van der Waals surface area contributed by atoms with E-state index in [0.717, 1.165) is 28.9 Å². The van der Waals surface area contributed by atoms with Crippen molar-refractivity contribution < 1.29 is 22.7 Å². The summed E-state index contributed by atoms with van der Waals surface area (Å²) < 4.78 is 43.0. The molecule has 0 N–H and O–H groups in total. The number of aliphatic imine (C=N–C) groups is 1. The van der Waals surface area contributed by atoms with E-state index in [2.05, 4.69) is 4.99 Å². The van der Waals surface area contributed by atoms with Crippen LogP contribution < -0.4 is 4.74 Å². The zero-order chi connectivity index (χ0) is 20.2. The third-order valence-corrected chi connectivity index (χ3v) is 3.82. The lowest BCUT2D eigenvalue weighted by atomic mass is 10.0. The van der Waals surface area contributed by atoms with Gasteiger partial charge in [0.15, 0.2) is 12.4 Å². The fourth-order valence-corrected chi connectivity index (χ4v) is 2.38. The summed E-state index contributed by atoms with van der Waals surface area (Å²) in [5, 5.41) is 0. The maximum atomic E-state index is 12.6. The number of hydrogen-bond donors (Lipinski definition) is 0. The number of ether oxygens (including phenoxy) is 1. The molecule has 144 valence electrons. The van der Waals surface area contributed by atoms with Crippen LogP contribution in [0.15, 0.2) is 41.4 Å². The first kappa shape index (κ1) is 20.5. The second-order valence-electron chi connectivity index (χ2n) is 6.40. The summed E-state index contributed by atoms with van der Waals surface area (Å²) in [7, 11) is 3.73. The van der Waals surface area contributed by atoms with Crippen LogP contribution in [0.5, 0.6) is 5.75 Å². The Morgan fingerprint density at radius 2 is 1.74 bits per heavy atom. The first-order valence-electron chi connectivity index (χ1n) is 8.23. The predicted octanol–water partition coefficient (Wildman–Crippen LogP) is 4.81. The van der Waals surface area contributed by atoms with Gasteiger partial charge >= 0.3 is 6.18 Å². The minimum absolute atomic E-state index is 0.206. The van der Waals surface area contributed by atoms with Crippen LogP contribution in [0.1, 0.15) is 27.0 Å². The van der Waals surface area contributed by atoms with Crippen molar-refractivity contribution in [2.24, 2.45) is 4.99 Å². The van der Waals surface area contributed by atoms with Crippen LogP contribution in [-0.4, -0.2) is 37.7 Å². The van der Waals surface area contributed by atoms with E-state index >= 15 is 0 Å². The van der Waals surface area contributed by atoms with E-state index in [1.165, 1.54) is 12.1 Å². The fourth-order valence-electron chi connectivity index (χ4n) is 2.38. The molecule has 0 aliphatic carbocycles. The molecule has 0 atom stereocenters. The van der Waals surface area contributed by atoms with Gasteiger partial charge in [-0.1, -0.05) is 0 Å². The summed E-state index contributed by atoms with van der Waals surface area (Å²) >= 11 is 0. The zero-order valence-electron chi connectivity index (χ0n) is 15.6. The molecule has 0 saturated carbocycles. The quantitative estimate of drug-likeness (QED) is 0.412. The van der Waals surface area contributed by atoms with Gasteiger partial charge in [0.2, 0.25) is 0 Å². The van der Waals surface area contributed by atoms with Crippen molar-refractivity contribution in [2.45, 2.75) is 20.0 Å². The molecule has 0 amide bonds. The van der Waals surface area contributed by atoms with E-state index in [9.17, 15) is 18.0 Å². The number of rotatable bonds is 6. The van der Waals surface area contributed by atoms with Gasteiger partial charge in [-0.3, -0.25) is 4.79 Å². The lowest BCUT2D eigenvalue weighted by Gasteiger charge is -2.11. The molecule has 0 unspecified atom stereocenters. The van der Waals surface area contributed by atoms with Crippen LogP contribution in [0.4, 0.5) is 18.9 Å². The van der Waals surface area contributed by atoms with Gasteiger partial charge in [-0.05, 0) is 61.4 Å². The first-order chi connectivity index (χ1) is 12.6. The Balaban J connectivity index is 2.09. The van der Waals surface area contributed by atoms with Crippen molar-refractivity contribution in [1.29, 1.82) is 0 Å². The van der Waals surface area contributed by atoms with E-state index in [1.54, 1.807) is 19.3 Å². The second-order valence-corrected chi connectivity index (χ2v) is 6.40. The van der Waals surface area contributed by atoms with Crippen LogP contribution in [0.2, 0.25) is 0 Å². The third kappa shape index (κ3) is 5.57. The van der Waals surface area contributed by atoms with Crippen LogP contribution in [-0.2, 0) is 6.18 Å². The molecular weight excluding hydrogens is 357 g/mol. The molecule has 2 aromatic carbocycles. The molecule has 0 saturated heterocycles. The summed E-state index contributed by atoms with van der Waals surface area (Å²) in [6.45, 7) is 3.40. The van der Waals surface area contributed by atoms with Crippen molar-refractivity contribution in [3.05, 3.63) is 58.7 Å². The SMILES string of the molecule is Cc1cc(C(=O)COc2ccc(C(F)(F)F)cc2)c(C)cc1/N=C\N(C)C. The van der Waals surface area contributed by atoms with Crippen LogP contribution in [0, 0.1) is 13.8 Å². The minimum Gasteiger partial charge on any atom is -0.485 e. The van der Waals surface area contributed by atoms with Gasteiger partial charge in [0.1, 0.15) is 5.75 Å². The second kappa shape index (κ2) is 8.24. The first-order valence-corrected chi connectivity index (χ1v) is 8.23. The molecule has 2 aromatic rings. The van der Waals surface area contributed by atoms with Crippen molar-refractivity contribution in [3.8, 4) is 5.75 Å². The largest absolute Gasteiger partial charge is 0.485 e. The molecule has 0 radical (unpaired) electrons. The average Bonchev–Trinajstić information content (AvgIpc) is 2.59. The van der Waals surface area contributed by atoms with Gasteiger partial charge in [-0.2, -0.15) is 13.2 Å². The van der Waals surface area contributed by atoms with Gasteiger partial charge in [0.25, 0.3) is 0 Å². The Morgan fingerprint density at radius 1 is 1.11 bits per heavy atom. The molecule has 0 bridgehead atoms. The normalized spacial score (nSPS) is 11.7. The molecule has 0 aromatic heterocycles. The van der Waals surface area contributed by atoms with Gasteiger partial charge in [-0.25, -0.2) is 4.99 Å². The highest BCUT2D eigenvalue weighted by Gasteiger charge is 2.30. The molecule has 7 heteroatoms. The molecule has 0 aliphatic rings. The highest BCUT2D eigenvalue weighted by atomic mass is 19.4. The number of carbonyl (C=O) groups is 1. The number of halogens is 3. The topological polar surface area (TPSA) is 41.9 Å². The Labute approximate surface area is 156 Å². The third-order valence-electron chi connectivity index (χ3n) is 3.82. The highest BCUT2D eigenvalue weighted by Crippen LogP contribution is 2.30. The number of nitrogens with zero attached hydrogens (tertiary/aromatic N) is 2. The Hall–Kier alpha value is -2.83. The van der Waals surface area contributed by atoms with Crippen molar-refractivity contribution in [3.63, 3.8) is 0 Å². The van der Waals surface area contributed by atoms with Gasteiger partial charge in [0, 0.05) is 19.7 Å². The molecular formula is C20H21F3N2O2. The average molecular weight is 378 g/mol. The number of Topliss-reactive ketones (excluding diaryl/α,β-unsaturated/α-hetero) is 1. The lowest BCUT2D eigenvalue weighted by Crippen LogP contribution is -2.13. The molecule has 27 heavy (non-hydrogen) atoms. The summed E-state index contributed by atoms with van der Waals surface area (Å²) in [4.78, 5) is 18.6. The van der Waals surface area contributed by atoms with E-state index < -0.39 is 11.7 Å². The van der Waals surface area contributed by atoms with Crippen LogP contribution >= 0.6 is 0 Å². The number of carbonyl (C=O) groups excluding carboxylic acids is 1. The van der Waals surface area contributed by atoms with E-state index in [-0.39, 0.29) is 18.1 Å². The minimum atomic E-state index is -4.40. The molecule has 0 spiro atoms. The molecule has 2 rings (SSSR count). The maximum Gasteiger partial charge on any atom is 0.416 e. The predicted molar refractivity (Wildman–Crippen MR) is 99.0 cm³/mol. The number of hydrogen-bond acceptors (Lipinski definition) is 3. The van der Waals surface area contributed by atoms with Crippen LogP contribution in [0.25, 0.3) is 0 Å². The number of aryl methyl sites for hydroxylation is 2. The highest BCUT2D eigenvalue weighted by molar-refractivity contribution is 5.99. The zero-order valence-corrected chi connectivity index (χ0v) is 15.6. The van der Waals surface area contributed by atoms with Gasteiger partial charge in [-0.15, -0.1) is 0 Å². The van der Waals surface area contributed by atoms with E-state index in [4.69, 9.17) is 4.74 Å². The van der Waals surface area contributed by atoms with Crippen molar-refractivity contribution in [1.82, 2.24) is 4.90 Å². The van der Waals surface area contributed by atoms with Gasteiger partial charge < -0.3 is 9.64 Å². The van der Waals surface area contributed by atoms with E-state index in [0.29, 0.717) is 5.56 Å². The summed E-state index contributed by atoms with van der Waals surface area (Å²) in [6.07, 6.45) is -2.73. The molecule has 0 aliphatic heterocycles. The standard InChI is InChI=1S/C20H21F3N2O2/c1-13-10-18(24-12-25(3)4)14(2)9-17(13)19(26)11-27-16-7-5-15(6-8-16)20(21,22)23/h5-10,12H,11H2,1-4H3/b24-12-. The molecule has 0 fully saturated rings. The summed E-state index contributed by atoms with van der Waals surface area (Å²) in [6, 6.07) is 7.82. The van der Waals surface area contributed by atoms with Crippen LogP contribution in [0.3, 0.4) is 0 Å². The Morgan fingerprint density at radius 3 is 2.30 bits per heavy atom. The Kier molecular flexibility index (Phi) is 6.25. The smallest absolute Gasteiger partial charge is 0.416 e. The van der Waals surface area contributed by atoms with E-state index in [1.807, 2.05) is 32.0 Å². The number of ketones is 1. The molecule has 0 heterocycles. The monoisotopic (exact) mass is 378 g/mol. The van der Waals surface area contributed by atoms with Gasteiger partial charge in [0.05, 0.1) is 17.6 Å². The summed E-state index contributed by atoms with van der Waals surface area (Å²) in [5.74, 6) is -0.0448.